The molecule has 0 spiro atoms. The smallest absolute Gasteiger partial charge is 0.364 e. The number of hydrogen-bond acceptors (Lipinski definition) is 14. The summed E-state index contributed by atoms with van der Waals surface area (Å²) in [4.78, 5) is 49.2. The molecule has 408 valence electrons. The molecule has 6 saturated carbocycles. The van der Waals surface area contributed by atoms with Gasteiger partial charge in [0, 0.05) is 35.0 Å². The van der Waals surface area contributed by atoms with Crippen LogP contribution in [-0.2, 0) is 69.3 Å². The minimum Gasteiger partial charge on any atom is -0.743 e. The third-order valence-corrected chi connectivity index (χ3v) is 18.3. The van der Waals surface area contributed by atoms with Crippen molar-refractivity contribution in [2.75, 3.05) is 12.9 Å². The lowest BCUT2D eigenvalue weighted by molar-refractivity contribution is -0.207. The number of ether oxygens (including phenoxy) is 4. The van der Waals surface area contributed by atoms with Crippen LogP contribution in [0.3, 0.4) is 0 Å². The van der Waals surface area contributed by atoms with Gasteiger partial charge in [-0.3, -0.25) is 4.79 Å². The maximum Gasteiger partial charge on any atom is 0.364 e. The Kier molecular flexibility index (Phi) is 19.0. The van der Waals surface area contributed by atoms with Crippen LogP contribution in [0.4, 0.5) is 13.2 Å². The fourth-order valence-electron chi connectivity index (χ4n) is 11.4. The number of carbonyl (C=O) groups excluding carboxylic acids is 4. The Morgan fingerprint density at radius 1 is 0.760 bits per heavy atom. The van der Waals surface area contributed by atoms with Gasteiger partial charge in [-0.2, -0.15) is 17.2 Å². The average Bonchev–Trinajstić information content (AvgIpc) is 3.99. The Bertz CT molecular complexity index is 2740. The first-order valence-electron chi connectivity index (χ1n) is 24.7. The Balaban J connectivity index is 0.000000165. The van der Waals surface area contributed by atoms with Gasteiger partial charge in [-0.15, -0.1) is 0 Å². The number of esters is 4. The van der Waals surface area contributed by atoms with Crippen molar-refractivity contribution in [3.63, 3.8) is 0 Å². The van der Waals surface area contributed by atoms with Gasteiger partial charge in [0.1, 0.15) is 23.6 Å². The topological polar surface area (TPSA) is 206 Å². The first kappa shape index (κ1) is 58.8. The maximum atomic E-state index is 12.8. The van der Waals surface area contributed by atoms with Crippen molar-refractivity contribution in [3.05, 3.63) is 121 Å². The largest absolute Gasteiger partial charge is 0.743 e. The Labute approximate surface area is 440 Å². The molecule has 3 aromatic rings. The molecule has 3 aromatic carbocycles. The van der Waals surface area contributed by atoms with Crippen molar-refractivity contribution in [1.29, 1.82) is 0 Å². The van der Waals surface area contributed by atoms with Crippen LogP contribution in [-0.4, -0.2) is 87.4 Å². The molecule has 7 aliphatic rings. The van der Waals surface area contributed by atoms with Gasteiger partial charge >= 0.3 is 39.2 Å². The molecule has 10 rings (SSSR count). The van der Waals surface area contributed by atoms with Gasteiger partial charge in [0.2, 0.25) is 0 Å². The zero-order valence-electron chi connectivity index (χ0n) is 42.6. The van der Waals surface area contributed by atoms with E-state index in [1.807, 2.05) is 48.5 Å². The second kappa shape index (κ2) is 24.3. The molecule has 6 bridgehead atoms. The van der Waals surface area contributed by atoms with E-state index in [1.165, 1.54) is 48.8 Å². The number of benzene rings is 3. The van der Waals surface area contributed by atoms with Crippen LogP contribution in [0.1, 0.15) is 85.5 Å². The SMILES string of the molecule is C=C(C)C(=O)OC1(CC)C2CC3CC(C2)CC1C3.C=C(C)C(=O)OC1C2CC3C(=O)OC1C3C2.C=C(C)C(=O)OCCC(F)C(F)(F)S(=O)(=O)[O-].CS(=O)(=O)Oc1ccc([S+](c2ccccc2)c2ccccc2)cc1. The van der Waals surface area contributed by atoms with E-state index in [0.29, 0.717) is 34.6 Å². The predicted octanol–water partition coefficient (Wildman–Crippen LogP) is 9.86. The van der Waals surface area contributed by atoms with Crippen LogP contribution in [0, 0.1) is 41.4 Å². The van der Waals surface area contributed by atoms with Crippen molar-refractivity contribution in [1.82, 2.24) is 0 Å². The third kappa shape index (κ3) is 14.1. The fourth-order valence-corrected chi connectivity index (χ4v) is 14.4. The summed E-state index contributed by atoms with van der Waals surface area (Å²) in [7, 11) is -9.85. The standard InChI is InChI=1S/C19H17O3S2.C16H24O2.C12H14O4.C8H11F3O5S/c1-24(20,21)22-16-12-14-19(15-13-16)23(17-8-4-2-5-9-17)18-10-6-3-7-11-18;1-4-16(18-15(17)10(2)3)13-6-11-5-12(8-13)9-14(16)7-11;1-5(2)11(13)15-9-6-3-7-8(4-6)12(14)16-10(7)9;1-5(2)7(12)16-4-3-6(9)8(10,11)17(13,14)15/h2-15H,1H3;11-14H,2,4-9H2,1,3H3;6-10H,1,3-4H2,2H3;6H,1,3-4H2,2H3,(H,13,14,15)/q+1;;;/p-1. The monoisotopic (exact) mass is 1100 g/mol. The van der Waals surface area contributed by atoms with E-state index in [1.54, 1.807) is 26.0 Å². The summed E-state index contributed by atoms with van der Waals surface area (Å²) in [5.74, 6) is 2.43. The van der Waals surface area contributed by atoms with Gasteiger partial charge in [0.15, 0.2) is 31.0 Å². The first-order chi connectivity index (χ1) is 35.1. The minimum atomic E-state index is -6.08. The molecule has 6 atom stereocenters. The summed E-state index contributed by atoms with van der Waals surface area (Å²) < 4.78 is 116. The highest BCUT2D eigenvalue weighted by molar-refractivity contribution is 7.97. The molecule has 1 aliphatic heterocycles. The van der Waals surface area contributed by atoms with Gasteiger partial charge < -0.3 is 27.7 Å². The number of halogens is 3. The highest BCUT2D eigenvalue weighted by atomic mass is 32.2. The molecular formula is C55H65F3O14S3. The molecule has 20 heteroatoms. The summed E-state index contributed by atoms with van der Waals surface area (Å²) in [5, 5.41) is -5.04. The minimum absolute atomic E-state index is 0.0244. The van der Waals surface area contributed by atoms with Gasteiger partial charge in [-0.25, -0.2) is 27.2 Å². The maximum absolute atomic E-state index is 12.8. The summed E-state index contributed by atoms with van der Waals surface area (Å²) in [6.07, 6.45) is 5.57. The zero-order valence-corrected chi connectivity index (χ0v) is 45.1. The van der Waals surface area contributed by atoms with Gasteiger partial charge in [-0.1, -0.05) is 63.1 Å². The average molecular weight is 1100 g/mol. The van der Waals surface area contributed by atoms with Crippen molar-refractivity contribution in [2.45, 2.75) is 129 Å². The zero-order chi connectivity index (χ0) is 55.2. The van der Waals surface area contributed by atoms with Gasteiger partial charge in [-0.05, 0) is 144 Å². The molecule has 6 aliphatic carbocycles. The molecule has 7 fully saturated rings. The molecule has 0 N–H and O–H groups in total. The lowest BCUT2D eigenvalue weighted by atomic mass is 9.49. The summed E-state index contributed by atoms with van der Waals surface area (Å²) >= 11 is 0. The molecule has 6 unspecified atom stereocenters. The molecule has 0 radical (unpaired) electrons. The molecule has 0 amide bonds. The van der Waals surface area contributed by atoms with Crippen LogP contribution >= 0.6 is 0 Å². The second-order valence-electron chi connectivity index (χ2n) is 20.2. The Morgan fingerprint density at radius 2 is 1.25 bits per heavy atom. The number of carbonyl (C=O) groups is 4. The van der Waals surface area contributed by atoms with Crippen molar-refractivity contribution < 1.29 is 76.9 Å². The number of rotatable bonds is 16. The highest BCUT2D eigenvalue weighted by Crippen LogP contribution is 2.61. The number of hydrogen-bond donors (Lipinski definition) is 0. The van der Waals surface area contributed by atoms with Crippen LogP contribution in [0.15, 0.2) is 136 Å². The van der Waals surface area contributed by atoms with Crippen LogP contribution in [0.25, 0.3) is 0 Å². The quantitative estimate of drug-likeness (QED) is 0.0327. The lowest BCUT2D eigenvalue weighted by Gasteiger charge is -2.60. The Morgan fingerprint density at radius 3 is 1.71 bits per heavy atom. The molecule has 14 nitrogen and oxygen atoms in total. The van der Waals surface area contributed by atoms with Crippen LogP contribution in [0.5, 0.6) is 5.75 Å². The molecular weight excluding hydrogens is 1040 g/mol. The predicted molar refractivity (Wildman–Crippen MR) is 272 cm³/mol. The number of fused-ring (bicyclic) bond motifs is 1. The highest BCUT2D eigenvalue weighted by Gasteiger charge is 2.63. The first-order valence-corrected chi connectivity index (χ1v) is 29.2. The van der Waals surface area contributed by atoms with E-state index in [2.05, 4.69) is 55.7 Å². The molecule has 75 heavy (non-hydrogen) atoms. The summed E-state index contributed by atoms with van der Waals surface area (Å²) in [6.45, 7) is 16.5. The van der Waals surface area contributed by atoms with E-state index in [-0.39, 0.29) is 64.0 Å². The lowest BCUT2D eigenvalue weighted by Crippen LogP contribution is -2.59. The van der Waals surface area contributed by atoms with Crippen LogP contribution < -0.4 is 4.18 Å². The van der Waals surface area contributed by atoms with Crippen molar-refractivity contribution in [2.24, 2.45) is 41.4 Å². The van der Waals surface area contributed by atoms with E-state index in [9.17, 15) is 53.7 Å². The van der Waals surface area contributed by atoms with Gasteiger partial charge in [0.05, 0.1) is 29.7 Å². The third-order valence-electron chi connectivity index (χ3n) is 14.6. The van der Waals surface area contributed by atoms with Gasteiger partial charge in [0.25, 0.3) is 0 Å². The normalized spacial score (nSPS) is 26.9. The Hall–Kier alpha value is -5.44. The molecule has 1 saturated heterocycles. The second-order valence-corrected chi connectivity index (χ2v) is 25.3. The van der Waals surface area contributed by atoms with E-state index >= 15 is 0 Å². The van der Waals surface area contributed by atoms with E-state index in [4.69, 9.17) is 18.4 Å². The van der Waals surface area contributed by atoms with Crippen LogP contribution in [0.2, 0.25) is 0 Å². The van der Waals surface area contributed by atoms with Crippen molar-refractivity contribution >= 4 is 55.0 Å². The van der Waals surface area contributed by atoms with Crippen molar-refractivity contribution in [3.8, 4) is 5.75 Å². The summed E-state index contributed by atoms with van der Waals surface area (Å²) in [5.41, 5.74) is 0.743. The fraction of sp³-hybridized carbons (Fsp3) is 0.491. The van der Waals surface area contributed by atoms with E-state index < -0.39 is 50.7 Å². The molecule has 0 aromatic heterocycles. The summed E-state index contributed by atoms with van der Waals surface area (Å²) in [6, 6.07) is 27.8. The van der Waals surface area contributed by atoms with E-state index in [0.717, 1.165) is 42.2 Å². The molecule has 1 heterocycles. The number of alkyl halides is 3.